The minimum atomic E-state index is -1.35. The Balaban J connectivity index is 2.52. The number of hydrogen-bond acceptors (Lipinski definition) is 3. The van der Waals surface area contributed by atoms with Crippen LogP contribution < -0.4 is 0 Å². The Bertz CT molecular complexity index is 415. The van der Waals surface area contributed by atoms with Gasteiger partial charge in [-0.25, -0.2) is 0 Å². The molecule has 1 fully saturated rings. The summed E-state index contributed by atoms with van der Waals surface area (Å²) in [6, 6.07) is 0. The molecule has 1 saturated heterocycles. The Morgan fingerprint density at radius 2 is 1.89 bits per heavy atom. The summed E-state index contributed by atoms with van der Waals surface area (Å²) in [6.07, 6.45) is 0.538. The summed E-state index contributed by atoms with van der Waals surface area (Å²) in [6.45, 7) is 1.83. The number of ether oxygens (including phenoxy) is 3. The van der Waals surface area contributed by atoms with E-state index in [1.54, 1.807) is 0 Å². The van der Waals surface area contributed by atoms with E-state index in [1.807, 2.05) is 6.92 Å². The Labute approximate surface area is 143 Å². The molecule has 2 rings (SSSR count). The van der Waals surface area contributed by atoms with Crippen LogP contribution >= 0.6 is 43.1 Å². The van der Waals surface area contributed by atoms with Gasteiger partial charge in [0, 0.05) is 0 Å². The molecule has 1 heterocycles. The molecule has 3 nitrogen and oxygen atoms in total. The predicted molar refractivity (Wildman–Crippen MR) is 72.6 cm³/mol. The molecule has 0 N–H and O–H groups in total. The third-order valence-corrected chi connectivity index (χ3v) is 11.2. The maximum atomic E-state index is 6.85. The van der Waals surface area contributed by atoms with Crippen LogP contribution in [0.3, 0.4) is 0 Å². The number of methoxy groups -OCH3 is 2. The van der Waals surface area contributed by atoms with E-state index >= 15 is 0 Å². The summed E-state index contributed by atoms with van der Waals surface area (Å²) < 4.78 is 18.0. The van der Waals surface area contributed by atoms with E-state index in [9.17, 15) is 0 Å². The van der Waals surface area contributed by atoms with Crippen molar-refractivity contribution in [2.24, 2.45) is 0 Å². The van der Waals surface area contributed by atoms with Crippen LogP contribution in [0.25, 0.3) is 0 Å². The van der Waals surface area contributed by atoms with Gasteiger partial charge in [0.25, 0.3) is 0 Å². The van der Waals surface area contributed by atoms with E-state index in [-0.39, 0.29) is 11.1 Å². The fourth-order valence-electron chi connectivity index (χ4n) is 3.05. The summed E-state index contributed by atoms with van der Waals surface area (Å²) in [5.74, 6) is -1.28. The summed E-state index contributed by atoms with van der Waals surface area (Å²) >= 11 is 18.2. The van der Waals surface area contributed by atoms with Gasteiger partial charge in [-0.15, -0.1) is 0 Å². The predicted octanol–water partition coefficient (Wildman–Crippen LogP) is 3.86. The van der Waals surface area contributed by atoms with Crippen LogP contribution in [-0.2, 0) is 37.6 Å². The van der Waals surface area contributed by atoms with Gasteiger partial charge in [-0.2, -0.15) is 0 Å². The maximum absolute atomic E-state index is 6.85. The Hall–Kier alpha value is 1.72. The standard InChI is InChI=1S/C11H14Cl3O3.ClH.Hg/c1-6-5-10(14)9(2,17-6)7(12)8(13)11(10,15-3)16-4;;/h6H,1,5H2,2-4H3;1H;/q;;+1/p-1/t6-,9+,10-;;/m0../s1. The zero-order valence-electron chi connectivity index (χ0n) is 10.9. The Morgan fingerprint density at radius 1 is 1.32 bits per heavy atom. The van der Waals surface area contributed by atoms with Crippen LogP contribution in [0.2, 0.25) is 3.93 Å². The topological polar surface area (TPSA) is 27.7 Å². The van der Waals surface area contributed by atoms with Gasteiger partial charge in [0.2, 0.25) is 0 Å². The molecule has 0 aromatic carbocycles. The van der Waals surface area contributed by atoms with Crippen molar-refractivity contribution in [3.05, 3.63) is 10.1 Å². The van der Waals surface area contributed by atoms with Gasteiger partial charge in [0.15, 0.2) is 0 Å². The van der Waals surface area contributed by atoms with Gasteiger partial charge in [-0.1, -0.05) is 0 Å². The summed E-state index contributed by atoms with van der Waals surface area (Å²) in [7, 11) is 9.00. The SMILES string of the molecule is COC1(OC)C(Cl)=C(Cl)[C@@]2(C)O[C@@H]([CH2][Hg][Cl])C[C@@]12Cl. The molecule has 0 aromatic heterocycles. The first-order chi connectivity index (χ1) is 8.83. The second kappa shape index (κ2) is 5.73. The van der Waals surface area contributed by atoms with Crippen LogP contribution in [0, 0.1) is 0 Å². The van der Waals surface area contributed by atoms with E-state index < -0.39 is 39.6 Å². The van der Waals surface area contributed by atoms with Gasteiger partial charge >= 0.3 is 145 Å². The van der Waals surface area contributed by atoms with E-state index in [1.165, 1.54) is 14.2 Å². The number of halogens is 4. The molecule has 1 aliphatic carbocycles. The first kappa shape index (κ1) is 17.1. The quantitative estimate of drug-likeness (QED) is 0.310. The third-order valence-electron chi connectivity index (χ3n) is 4.10. The molecule has 3 atom stereocenters. The normalized spacial score (nSPS) is 40.5. The molecule has 2 aliphatic rings. The molecule has 0 bridgehead atoms. The van der Waals surface area contributed by atoms with Crippen molar-refractivity contribution in [3.8, 4) is 0 Å². The fourth-order valence-corrected chi connectivity index (χ4v) is 8.86. The van der Waals surface area contributed by atoms with Gasteiger partial charge in [0.1, 0.15) is 0 Å². The molecular weight excluding hydrogens is 523 g/mol. The van der Waals surface area contributed by atoms with Crippen molar-refractivity contribution in [3.63, 3.8) is 0 Å². The summed E-state index contributed by atoms with van der Waals surface area (Å²) in [4.78, 5) is -0.984. The molecule has 0 radical (unpaired) electrons. The van der Waals surface area contributed by atoms with Crippen LogP contribution in [0.1, 0.15) is 13.3 Å². The van der Waals surface area contributed by atoms with Crippen LogP contribution in [-0.4, -0.2) is 36.6 Å². The summed E-state index contributed by atoms with van der Waals surface area (Å²) in [5.41, 5.74) is -0.913. The molecule has 1 aliphatic heterocycles. The van der Waals surface area contributed by atoms with E-state index in [4.69, 9.17) is 57.3 Å². The molecule has 0 spiro atoms. The molecule has 19 heavy (non-hydrogen) atoms. The molecule has 0 saturated carbocycles. The van der Waals surface area contributed by atoms with Gasteiger partial charge in [0.05, 0.1) is 0 Å². The van der Waals surface area contributed by atoms with Crippen LogP contribution in [0.4, 0.5) is 0 Å². The molecule has 0 amide bonds. The fraction of sp³-hybridized carbons (Fsp3) is 0.818. The van der Waals surface area contributed by atoms with Gasteiger partial charge in [-0.05, 0) is 0 Å². The van der Waals surface area contributed by atoms with Crippen LogP contribution in [0.15, 0.2) is 10.1 Å². The molecule has 8 heteroatoms. The van der Waals surface area contributed by atoms with Crippen molar-refractivity contribution in [2.45, 2.75) is 39.6 Å². The molecular formula is C11H14Cl4HgO3. The number of hydrogen-bond donors (Lipinski definition) is 0. The second-order valence-corrected chi connectivity index (χ2v) is 13.3. The summed E-state index contributed by atoms with van der Waals surface area (Å²) in [5, 5.41) is 0.604. The molecule has 0 aromatic rings. The first-order valence-electron chi connectivity index (χ1n) is 5.92. The van der Waals surface area contributed by atoms with Crippen molar-refractivity contribution >= 4 is 43.1 Å². The number of alkyl halides is 1. The number of fused-ring (bicyclic) bond motifs is 1. The first-order valence-corrected chi connectivity index (χ1v) is 17.7. The monoisotopic (exact) mass is 536 g/mol. The zero-order valence-corrected chi connectivity index (χ0v) is 19.5. The van der Waals surface area contributed by atoms with Crippen molar-refractivity contribution in [2.75, 3.05) is 14.2 Å². The zero-order chi connectivity index (χ0) is 14.5. The number of rotatable bonds is 4. The molecule has 0 unspecified atom stereocenters. The second-order valence-electron chi connectivity index (χ2n) is 4.91. The van der Waals surface area contributed by atoms with Crippen molar-refractivity contribution in [1.29, 1.82) is 0 Å². The minimum absolute atomic E-state index is 0.00939. The average molecular weight is 537 g/mol. The molecule has 106 valence electrons. The van der Waals surface area contributed by atoms with E-state index in [0.717, 1.165) is 3.93 Å². The van der Waals surface area contributed by atoms with Crippen LogP contribution in [0.5, 0.6) is 0 Å². The van der Waals surface area contributed by atoms with Gasteiger partial charge < -0.3 is 0 Å². The van der Waals surface area contributed by atoms with Crippen molar-refractivity contribution in [1.82, 2.24) is 0 Å². The van der Waals surface area contributed by atoms with Crippen molar-refractivity contribution < 1.29 is 37.6 Å². The third kappa shape index (κ3) is 2.07. The Morgan fingerprint density at radius 3 is 2.37 bits per heavy atom. The van der Waals surface area contributed by atoms with Gasteiger partial charge in [-0.3, -0.25) is 0 Å². The Kier molecular flexibility index (Phi) is 5.15. The van der Waals surface area contributed by atoms with E-state index in [0.29, 0.717) is 11.5 Å². The average Bonchev–Trinajstić information content (AvgIpc) is 2.69. The van der Waals surface area contributed by atoms with E-state index in [2.05, 4.69) is 0 Å².